The number of benzene rings is 2. The third-order valence-electron chi connectivity index (χ3n) is 5.17. The van der Waals surface area contributed by atoms with E-state index in [1.54, 1.807) is 11.0 Å². The molecule has 26 heavy (non-hydrogen) atoms. The van der Waals surface area contributed by atoms with Crippen LogP contribution in [0.15, 0.2) is 48.5 Å². The number of piperidine rings is 1. The zero-order chi connectivity index (χ0) is 18.8. The Labute approximate surface area is 158 Å². The van der Waals surface area contributed by atoms with Gasteiger partial charge in [-0.05, 0) is 31.0 Å². The van der Waals surface area contributed by atoms with Crippen LogP contribution in [-0.4, -0.2) is 28.4 Å². The molecule has 1 aliphatic heterocycles. The van der Waals surface area contributed by atoms with Gasteiger partial charge >= 0.3 is 5.97 Å². The van der Waals surface area contributed by atoms with Gasteiger partial charge in [-0.3, -0.25) is 9.59 Å². The van der Waals surface area contributed by atoms with Gasteiger partial charge in [0.15, 0.2) is 0 Å². The van der Waals surface area contributed by atoms with Crippen molar-refractivity contribution in [2.45, 2.75) is 32.2 Å². The molecule has 3 atom stereocenters. The smallest absolute Gasteiger partial charge is 0.309 e. The van der Waals surface area contributed by atoms with Gasteiger partial charge < -0.3 is 10.0 Å². The summed E-state index contributed by atoms with van der Waals surface area (Å²) in [6.45, 7) is 4.33. The molecule has 2 aromatic carbocycles. The highest BCUT2D eigenvalue weighted by molar-refractivity contribution is 6.31. The van der Waals surface area contributed by atoms with Crippen molar-refractivity contribution in [2.75, 3.05) is 6.54 Å². The van der Waals surface area contributed by atoms with Crippen molar-refractivity contribution in [3.8, 4) is 0 Å². The fourth-order valence-corrected chi connectivity index (χ4v) is 4.19. The van der Waals surface area contributed by atoms with Gasteiger partial charge in [-0.2, -0.15) is 0 Å². The highest BCUT2D eigenvalue weighted by Gasteiger charge is 2.47. The topological polar surface area (TPSA) is 57.6 Å². The number of carbonyl (C=O) groups is 2. The van der Waals surface area contributed by atoms with E-state index in [2.05, 4.69) is 0 Å². The van der Waals surface area contributed by atoms with Gasteiger partial charge in [0.05, 0.1) is 12.0 Å². The van der Waals surface area contributed by atoms with Gasteiger partial charge in [-0.25, -0.2) is 0 Å². The van der Waals surface area contributed by atoms with Crippen LogP contribution in [0, 0.1) is 12.8 Å². The van der Waals surface area contributed by atoms with Crippen molar-refractivity contribution in [1.29, 1.82) is 0 Å². The van der Waals surface area contributed by atoms with Gasteiger partial charge in [0.25, 0.3) is 0 Å². The summed E-state index contributed by atoms with van der Waals surface area (Å²) in [5.41, 5.74) is 2.66. The number of nitrogens with zero attached hydrogens (tertiary/aromatic N) is 1. The molecule has 0 radical (unpaired) electrons. The van der Waals surface area contributed by atoms with E-state index in [1.165, 1.54) is 0 Å². The van der Waals surface area contributed by atoms with E-state index in [4.69, 9.17) is 11.6 Å². The van der Waals surface area contributed by atoms with Gasteiger partial charge in [-0.1, -0.05) is 59.6 Å². The zero-order valence-corrected chi connectivity index (χ0v) is 15.6. The highest BCUT2D eigenvalue weighted by Crippen LogP contribution is 2.46. The zero-order valence-electron chi connectivity index (χ0n) is 14.9. The Balaban J connectivity index is 2.13. The second kappa shape index (κ2) is 7.50. The van der Waals surface area contributed by atoms with Crippen LogP contribution < -0.4 is 0 Å². The number of likely N-dealkylation sites (tertiary alicyclic amines) is 1. The molecule has 1 saturated heterocycles. The molecule has 3 rings (SSSR count). The highest BCUT2D eigenvalue weighted by atomic mass is 35.5. The third kappa shape index (κ3) is 3.34. The molecule has 0 spiro atoms. The van der Waals surface area contributed by atoms with Crippen molar-refractivity contribution >= 4 is 23.5 Å². The Kier molecular flexibility index (Phi) is 5.33. The predicted octanol–water partition coefficient (Wildman–Crippen LogP) is 4.43. The average Bonchev–Trinajstić information content (AvgIpc) is 2.61. The summed E-state index contributed by atoms with van der Waals surface area (Å²) >= 11 is 6.34. The Hall–Kier alpha value is -2.33. The van der Waals surface area contributed by atoms with Gasteiger partial charge in [0.2, 0.25) is 5.91 Å². The molecule has 1 amide bonds. The van der Waals surface area contributed by atoms with E-state index in [-0.39, 0.29) is 12.3 Å². The summed E-state index contributed by atoms with van der Waals surface area (Å²) in [5, 5.41) is 10.6. The van der Waals surface area contributed by atoms with Gasteiger partial charge in [-0.15, -0.1) is 0 Å². The fraction of sp³-hybridized carbons (Fsp3) is 0.333. The fourth-order valence-electron chi connectivity index (χ4n) is 3.91. The Bertz CT molecular complexity index is 818. The lowest BCUT2D eigenvalue weighted by Crippen LogP contribution is -2.48. The van der Waals surface area contributed by atoms with Crippen molar-refractivity contribution in [3.05, 3.63) is 70.2 Å². The van der Waals surface area contributed by atoms with Crippen molar-refractivity contribution in [2.24, 2.45) is 5.92 Å². The van der Waals surface area contributed by atoms with Crippen LogP contribution in [0.25, 0.3) is 0 Å². The number of aliphatic carboxylic acids is 1. The molecular formula is C21H22ClNO3. The molecule has 0 bridgehead atoms. The van der Waals surface area contributed by atoms with Gasteiger partial charge in [0, 0.05) is 23.9 Å². The standard InChI is InChI=1S/C21H22ClNO3/c1-3-23-18(24)12-16(15-6-4-5-7-17(15)22)19(21(25)26)20(23)14-10-8-13(2)9-11-14/h4-11,16,19-20H,3,12H2,1-2H3,(H,25,26)/t16-,19+,20-/m1/s1. The molecular weight excluding hydrogens is 350 g/mol. The van der Waals surface area contributed by atoms with E-state index >= 15 is 0 Å². The molecule has 0 aliphatic carbocycles. The number of carbonyl (C=O) groups excluding carboxylic acids is 1. The first-order valence-electron chi connectivity index (χ1n) is 8.77. The summed E-state index contributed by atoms with van der Waals surface area (Å²) in [7, 11) is 0. The number of amides is 1. The Morgan fingerprint density at radius 2 is 1.85 bits per heavy atom. The molecule has 0 unspecified atom stereocenters. The number of rotatable bonds is 4. The minimum Gasteiger partial charge on any atom is -0.481 e. The van der Waals surface area contributed by atoms with Gasteiger partial charge in [0.1, 0.15) is 0 Å². The summed E-state index contributed by atoms with van der Waals surface area (Å²) in [5.74, 6) is -2.16. The first-order valence-corrected chi connectivity index (χ1v) is 9.15. The molecule has 0 aromatic heterocycles. The SMILES string of the molecule is CCN1C(=O)C[C@H](c2ccccc2Cl)[C@H](C(=O)O)[C@H]1c1ccc(C)cc1. The van der Waals surface area contributed by atoms with Crippen LogP contribution in [0.3, 0.4) is 0 Å². The molecule has 136 valence electrons. The average molecular weight is 372 g/mol. The van der Waals surface area contributed by atoms with E-state index < -0.39 is 23.8 Å². The maximum absolute atomic E-state index is 12.8. The minimum atomic E-state index is -0.911. The molecule has 4 nitrogen and oxygen atoms in total. The molecule has 1 heterocycles. The third-order valence-corrected chi connectivity index (χ3v) is 5.52. The maximum Gasteiger partial charge on any atom is 0.309 e. The molecule has 2 aromatic rings. The Morgan fingerprint density at radius 3 is 2.42 bits per heavy atom. The van der Waals surface area contributed by atoms with Crippen molar-refractivity contribution in [3.63, 3.8) is 0 Å². The van der Waals surface area contributed by atoms with Crippen molar-refractivity contribution < 1.29 is 14.7 Å². The number of hydrogen-bond acceptors (Lipinski definition) is 2. The monoisotopic (exact) mass is 371 g/mol. The number of halogens is 1. The normalized spacial score (nSPS) is 23.1. The quantitative estimate of drug-likeness (QED) is 0.865. The minimum absolute atomic E-state index is 0.0412. The summed E-state index contributed by atoms with van der Waals surface area (Å²) < 4.78 is 0. The van der Waals surface area contributed by atoms with E-state index in [9.17, 15) is 14.7 Å². The van der Waals surface area contributed by atoms with Crippen LogP contribution >= 0.6 is 11.6 Å². The lowest BCUT2D eigenvalue weighted by molar-refractivity contribution is -0.153. The number of aryl methyl sites for hydroxylation is 1. The van der Waals surface area contributed by atoms with Crippen LogP contribution in [0.4, 0.5) is 0 Å². The first-order chi connectivity index (χ1) is 12.4. The first kappa shape index (κ1) is 18.5. The number of carboxylic acids is 1. The number of carboxylic acid groups (broad SMARTS) is 1. The lowest BCUT2D eigenvalue weighted by Gasteiger charge is -2.43. The summed E-state index contributed by atoms with van der Waals surface area (Å²) in [6, 6.07) is 14.4. The number of hydrogen-bond donors (Lipinski definition) is 1. The van der Waals surface area contributed by atoms with E-state index in [1.807, 2.05) is 56.3 Å². The molecule has 1 N–H and O–H groups in total. The lowest BCUT2D eigenvalue weighted by atomic mass is 9.73. The second-order valence-electron chi connectivity index (χ2n) is 6.73. The maximum atomic E-state index is 12.8. The molecule has 1 aliphatic rings. The Morgan fingerprint density at radius 1 is 1.19 bits per heavy atom. The predicted molar refractivity (Wildman–Crippen MR) is 101 cm³/mol. The van der Waals surface area contributed by atoms with E-state index in [0.717, 1.165) is 16.7 Å². The van der Waals surface area contributed by atoms with Crippen LogP contribution in [0.2, 0.25) is 5.02 Å². The molecule has 0 saturated carbocycles. The van der Waals surface area contributed by atoms with Crippen LogP contribution in [-0.2, 0) is 9.59 Å². The van der Waals surface area contributed by atoms with Crippen molar-refractivity contribution in [1.82, 2.24) is 4.90 Å². The summed E-state index contributed by atoms with van der Waals surface area (Å²) in [4.78, 5) is 26.8. The van der Waals surface area contributed by atoms with Crippen LogP contribution in [0.5, 0.6) is 0 Å². The summed E-state index contributed by atoms with van der Waals surface area (Å²) in [6.07, 6.45) is 0.150. The molecule has 1 fully saturated rings. The molecule has 5 heteroatoms. The largest absolute Gasteiger partial charge is 0.481 e. The van der Waals surface area contributed by atoms with E-state index in [0.29, 0.717) is 11.6 Å². The van der Waals surface area contributed by atoms with Crippen LogP contribution in [0.1, 0.15) is 42.0 Å². The second-order valence-corrected chi connectivity index (χ2v) is 7.14.